The van der Waals surface area contributed by atoms with Gasteiger partial charge in [0.2, 0.25) is 5.91 Å². The minimum Gasteiger partial charge on any atom is -0.377 e. The van der Waals surface area contributed by atoms with Gasteiger partial charge >= 0.3 is 0 Å². The molecule has 6 heteroatoms. The zero-order chi connectivity index (χ0) is 17.8. The maximum Gasteiger partial charge on any atom is 0.248 e. The van der Waals surface area contributed by atoms with Crippen molar-refractivity contribution < 1.29 is 14.3 Å². The Morgan fingerprint density at radius 2 is 2.19 bits per heavy atom. The Morgan fingerprint density at radius 1 is 1.31 bits per heavy atom. The third-order valence-electron chi connectivity index (χ3n) is 6.03. The van der Waals surface area contributed by atoms with E-state index in [9.17, 15) is 4.79 Å². The van der Waals surface area contributed by atoms with E-state index in [2.05, 4.69) is 16.0 Å². The highest BCUT2D eigenvalue weighted by atomic mass is 16.5. The molecule has 4 rings (SSSR count). The summed E-state index contributed by atoms with van der Waals surface area (Å²) in [7, 11) is 0. The number of carbonyl (C=O) groups is 1. The fraction of sp³-hybridized carbons (Fsp3) is 0.700. The number of carbonyl (C=O) groups excluding carboxylic acids is 1. The van der Waals surface area contributed by atoms with E-state index in [1.807, 2.05) is 23.2 Å². The third kappa shape index (κ3) is 3.92. The highest BCUT2D eigenvalue weighted by Crippen LogP contribution is 2.41. The Labute approximate surface area is 155 Å². The van der Waals surface area contributed by atoms with Crippen molar-refractivity contribution in [3.05, 3.63) is 30.1 Å². The molecule has 1 aromatic rings. The van der Waals surface area contributed by atoms with Crippen molar-refractivity contribution in [2.45, 2.75) is 38.3 Å². The molecule has 0 spiro atoms. The molecular weight excluding hydrogens is 330 g/mol. The molecule has 0 unspecified atom stereocenters. The molecule has 0 aliphatic carbocycles. The molecule has 6 nitrogen and oxygen atoms in total. The van der Waals surface area contributed by atoms with Crippen LogP contribution in [0.5, 0.6) is 0 Å². The Kier molecular flexibility index (Phi) is 5.52. The van der Waals surface area contributed by atoms with Gasteiger partial charge in [-0.2, -0.15) is 0 Å². The van der Waals surface area contributed by atoms with Crippen LogP contribution in [0.3, 0.4) is 0 Å². The largest absolute Gasteiger partial charge is 0.377 e. The second-order valence-corrected chi connectivity index (χ2v) is 7.87. The first-order valence-corrected chi connectivity index (χ1v) is 9.85. The van der Waals surface area contributed by atoms with Crippen LogP contribution >= 0.6 is 0 Å². The average Bonchev–Trinajstić information content (AvgIpc) is 3.32. The van der Waals surface area contributed by atoms with Crippen molar-refractivity contribution in [2.24, 2.45) is 5.41 Å². The summed E-state index contributed by atoms with van der Waals surface area (Å²) in [5.74, 6) is 0.135. The van der Waals surface area contributed by atoms with Crippen molar-refractivity contribution >= 4 is 5.91 Å². The molecule has 2 atom stereocenters. The van der Waals surface area contributed by atoms with Crippen molar-refractivity contribution in [1.29, 1.82) is 0 Å². The van der Waals surface area contributed by atoms with Crippen LogP contribution in [0.4, 0.5) is 0 Å². The molecule has 142 valence electrons. The number of fused-ring (bicyclic) bond motifs is 1. The number of aromatic nitrogens is 1. The van der Waals surface area contributed by atoms with E-state index in [1.54, 1.807) is 0 Å². The van der Waals surface area contributed by atoms with E-state index in [1.165, 1.54) is 0 Å². The van der Waals surface area contributed by atoms with Crippen LogP contribution in [0.1, 0.15) is 31.4 Å². The highest BCUT2D eigenvalue weighted by Gasteiger charge is 2.48. The van der Waals surface area contributed by atoms with Gasteiger partial charge in [-0.15, -0.1) is 0 Å². The van der Waals surface area contributed by atoms with Crippen LogP contribution in [0.15, 0.2) is 24.4 Å². The fourth-order valence-corrected chi connectivity index (χ4v) is 4.60. The Morgan fingerprint density at radius 3 is 3.00 bits per heavy atom. The van der Waals surface area contributed by atoms with Gasteiger partial charge in [-0.05, 0) is 37.8 Å². The lowest BCUT2D eigenvalue weighted by Crippen LogP contribution is -2.52. The van der Waals surface area contributed by atoms with Gasteiger partial charge in [0, 0.05) is 50.9 Å². The summed E-state index contributed by atoms with van der Waals surface area (Å²) in [6, 6.07) is 6.07. The quantitative estimate of drug-likeness (QED) is 0.774. The number of rotatable bonds is 6. The number of hydrogen-bond acceptors (Lipinski definition) is 5. The average molecular weight is 359 g/mol. The summed E-state index contributed by atoms with van der Waals surface area (Å²) >= 11 is 0. The van der Waals surface area contributed by atoms with Gasteiger partial charge in [0.1, 0.15) is 6.61 Å². The van der Waals surface area contributed by atoms with Crippen LogP contribution in [0.25, 0.3) is 0 Å². The molecule has 3 aliphatic heterocycles. The molecule has 0 saturated carbocycles. The number of nitrogens with zero attached hydrogens (tertiary/aromatic N) is 3. The van der Waals surface area contributed by atoms with Crippen LogP contribution < -0.4 is 0 Å². The van der Waals surface area contributed by atoms with Crippen molar-refractivity contribution in [3.63, 3.8) is 0 Å². The molecule has 1 aromatic heterocycles. The fourth-order valence-electron chi connectivity index (χ4n) is 4.60. The summed E-state index contributed by atoms with van der Waals surface area (Å²) in [6.07, 6.45) is 6.38. The lowest BCUT2D eigenvalue weighted by atomic mass is 9.77. The highest BCUT2D eigenvalue weighted by molar-refractivity contribution is 5.77. The van der Waals surface area contributed by atoms with Crippen molar-refractivity contribution in [3.8, 4) is 0 Å². The summed E-state index contributed by atoms with van der Waals surface area (Å²) in [5, 5.41) is 0. The number of pyridine rings is 1. The topological polar surface area (TPSA) is 54.9 Å². The van der Waals surface area contributed by atoms with Crippen LogP contribution in [-0.4, -0.2) is 72.8 Å². The monoisotopic (exact) mass is 359 g/mol. The molecule has 0 aromatic carbocycles. The summed E-state index contributed by atoms with van der Waals surface area (Å²) < 4.78 is 11.9. The van der Waals surface area contributed by atoms with Gasteiger partial charge in [0.05, 0.1) is 18.4 Å². The van der Waals surface area contributed by atoms with Crippen LogP contribution in [0, 0.1) is 5.41 Å². The zero-order valence-electron chi connectivity index (χ0n) is 15.4. The first-order chi connectivity index (χ1) is 12.8. The molecule has 4 heterocycles. The van der Waals surface area contributed by atoms with Gasteiger partial charge in [-0.25, -0.2) is 0 Å². The van der Waals surface area contributed by atoms with Gasteiger partial charge < -0.3 is 14.4 Å². The van der Waals surface area contributed by atoms with E-state index < -0.39 is 0 Å². The molecule has 26 heavy (non-hydrogen) atoms. The lowest BCUT2D eigenvalue weighted by molar-refractivity contribution is -0.138. The number of likely N-dealkylation sites (tertiary alicyclic amines) is 2. The third-order valence-corrected chi connectivity index (χ3v) is 6.03. The molecule has 0 radical (unpaired) electrons. The Balaban J connectivity index is 1.33. The minimum atomic E-state index is 0.0122. The number of hydrogen-bond donors (Lipinski definition) is 0. The summed E-state index contributed by atoms with van der Waals surface area (Å²) in [5.41, 5.74) is 1.11. The number of amides is 1. The molecule has 0 N–H and O–H groups in total. The normalized spacial score (nSPS) is 29.1. The molecule has 3 aliphatic rings. The molecule has 1 amide bonds. The number of piperidine rings is 1. The first-order valence-electron chi connectivity index (χ1n) is 9.85. The number of ether oxygens (including phenoxy) is 2. The van der Waals surface area contributed by atoms with E-state index in [-0.39, 0.29) is 24.0 Å². The Bertz CT molecular complexity index is 606. The predicted octanol–water partition coefficient (Wildman–Crippen LogP) is 1.70. The molecule has 3 saturated heterocycles. The van der Waals surface area contributed by atoms with Crippen molar-refractivity contribution in [1.82, 2.24) is 14.8 Å². The maximum absolute atomic E-state index is 12.2. The van der Waals surface area contributed by atoms with Crippen molar-refractivity contribution in [2.75, 3.05) is 46.0 Å². The first kappa shape index (κ1) is 17.9. The van der Waals surface area contributed by atoms with E-state index in [4.69, 9.17) is 9.47 Å². The van der Waals surface area contributed by atoms with Gasteiger partial charge in [0.15, 0.2) is 0 Å². The van der Waals surface area contributed by atoms with Gasteiger partial charge in [-0.3, -0.25) is 14.7 Å². The standard InChI is InChI=1S/C20H29N3O3/c24-19(23-9-3-4-10-23)14-25-16-20-7-12-26-18(20)6-11-22(15-20)13-17-5-1-2-8-21-17/h1-2,5,8,18H,3-4,6-7,9-16H2/t18-,20+/m1/s1. The zero-order valence-corrected chi connectivity index (χ0v) is 15.4. The second-order valence-electron chi connectivity index (χ2n) is 7.87. The van der Waals surface area contributed by atoms with Gasteiger partial charge in [0.25, 0.3) is 0 Å². The molecule has 0 bridgehead atoms. The smallest absolute Gasteiger partial charge is 0.248 e. The summed E-state index contributed by atoms with van der Waals surface area (Å²) in [4.78, 5) is 21.1. The predicted molar refractivity (Wildman–Crippen MR) is 97.6 cm³/mol. The lowest BCUT2D eigenvalue weighted by Gasteiger charge is -2.43. The van der Waals surface area contributed by atoms with Crippen LogP contribution in [0.2, 0.25) is 0 Å². The van der Waals surface area contributed by atoms with E-state index >= 15 is 0 Å². The molecular formula is C20H29N3O3. The van der Waals surface area contributed by atoms with Gasteiger partial charge in [-0.1, -0.05) is 6.07 Å². The van der Waals surface area contributed by atoms with Crippen LogP contribution in [-0.2, 0) is 20.8 Å². The summed E-state index contributed by atoms with van der Waals surface area (Å²) in [6.45, 7) is 6.22. The SMILES string of the molecule is O=C(COC[C@@]12CCO[C@@H]1CCN(Cc1ccccn1)C2)N1CCCC1. The van der Waals surface area contributed by atoms with E-state index in [0.29, 0.717) is 6.61 Å². The maximum atomic E-state index is 12.2. The second kappa shape index (κ2) is 8.03. The van der Waals surface area contributed by atoms with E-state index in [0.717, 1.165) is 70.7 Å². The Hall–Kier alpha value is -1.50. The minimum absolute atomic E-state index is 0.0122. The molecule has 3 fully saturated rings.